The van der Waals surface area contributed by atoms with Crippen LogP contribution < -0.4 is 5.73 Å². The van der Waals surface area contributed by atoms with E-state index in [1.54, 1.807) is 7.05 Å². The topological polar surface area (TPSA) is 66.6 Å². The van der Waals surface area contributed by atoms with E-state index >= 15 is 0 Å². The minimum atomic E-state index is -0.545. The van der Waals surface area contributed by atoms with Gasteiger partial charge in [-0.15, -0.1) is 0 Å². The Kier molecular flexibility index (Phi) is 4.09. The van der Waals surface area contributed by atoms with Crippen molar-refractivity contribution in [3.05, 3.63) is 0 Å². The molecule has 1 heterocycles. The third kappa shape index (κ3) is 2.94. The number of primary amides is 1. The molecule has 0 bridgehead atoms. The molecule has 1 saturated heterocycles. The molecule has 5 nitrogen and oxygen atoms in total. The van der Waals surface area contributed by atoms with Crippen molar-refractivity contribution in [1.29, 1.82) is 0 Å². The lowest BCUT2D eigenvalue weighted by molar-refractivity contribution is -0.134. The number of nitrogens with zero attached hydrogens (tertiary/aromatic N) is 2. The predicted molar refractivity (Wildman–Crippen MR) is 68.9 cm³/mol. The normalized spacial score (nSPS) is 27.5. The molecule has 102 valence electrons. The number of rotatable bonds is 2. The van der Waals surface area contributed by atoms with Crippen LogP contribution in [0.5, 0.6) is 0 Å². The van der Waals surface area contributed by atoms with Crippen LogP contribution in [0.4, 0.5) is 4.79 Å². The maximum Gasteiger partial charge on any atom is 0.314 e. The Bertz CT molecular complexity index is 332. The zero-order valence-corrected chi connectivity index (χ0v) is 11.1. The predicted octanol–water partition coefficient (Wildman–Crippen LogP) is 1.04. The van der Waals surface area contributed by atoms with E-state index in [4.69, 9.17) is 5.73 Å². The van der Waals surface area contributed by atoms with E-state index in [0.29, 0.717) is 5.92 Å². The first kappa shape index (κ1) is 13.2. The van der Waals surface area contributed by atoms with Gasteiger partial charge in [-0.1, -0.05) is 19.3 Å². The molecular weight excluding hydrogens is 230 g/mol. The molecule has 2 atom stereocenters. The molecule has 0 spiro atoms. The number of amides is 3. The summed E-state index contributed by atoms with van der Waals surface area (Å²) < 4.78 is 0. The maximum absolute atomic E-state index is 12.1. The lowest BCUT2D eigenvalue weighted by Crippen LogP contribution is -2.49. The summed E-state index contributed by atoms with van der Waals surface area (Å²) in [5, 5.41) is 0. The Labute approximate surface area is 108 Å². The highest BCUT2D eigenvalue weighted by molar-refractivity contribution is 5.83. The van der Waals surface area contributed by atoms with Gasteiger partial charge in [0.1, 0.15) is 6.54 Å². The molecule has 1 saturated carbocycles. The molecule has 0 aromatic heterocycles. The molecule has 5 heteroatoms. The molecule has 2 fully saturated rings. The average Bonchev–Trinajstić information content (AvgIpc) is 2.37. The second-order valence-corrected chi connectivity index (χ2v) is 5.63. The molecule has 0 radical (unpaired) electrons. The maximum atomic E-state index is 12.1. The molecule has 1 aliphatic heterocycles. The van der Waals surface area contributed by atoms with Gasteiger partial charge in [-0.25, -0.2) is 4.79 Å². The van der Waals surface area contributed by atoms with Gasteiger partial charge in [0.25, 0.3) is 0 Å². The quantitative estimate of drug-likeness (QED) is 0.799. The van der Waals surface area contributed by atoms with Gasteiger partial charge >= 0.3 is 6.03 Å². The largest absolute Gasteiger partial charge is 0.351 e. The first-order valence-electron chi connectivity index (χ1n) is 6.86. The Morgan fingerprint density at radius 1 is 1.22 bits per heavy atom. The van der Waals surface area contributed by atoms with E-state index in [9.17, 15) is 9.59 Å². The van der Waals surface area contributed by atoms with Crippen molar-refractivity contribution in [2.75, 3.05) is 26.7 Å². The van der Waals surface area contributed by atoms with Crippen molar-refractivity contribution in [3.8, 4) is 0 Å². The smallest absolute Gasteiger partial charge is 0.314 e. The first-order chi connectivity index (χ1) is 8.58. The average molecular weight is 253 g/mol. The van der Waals surface area contributed by atoms with Gasteiger partial charge in [-0.3, -0.25) is 4.79 Å². The highest BCUT2D eigenvalue weighted by atomic mass is 16.2. The van der Waals surface area contributed by atoms with E-state index in [0.717, 1.165) is 25.4 Å². The Morgan fingerprint density at radius 2 is 1.89 bits per heavy atom. The van der Waals surface area contributed by atoms with E-state index in [-0.39, 0.29) is 12.5 Å². The monoisotopic (exact) mass is 253 g/mol. The summed E-state index contributed by atoms with van der Waals surface area (Å²) in [5.74, 6) is 1.52. The summed E-state index contributed by atoms with van der Waals surface area (Å²) in [6.45, 7) is 1.81. The fraction of sp³-hybridized carbons (Fsp3) is 0.846. The van der Waals surface area contributed by atoms with Crippen molar-refractivity contribution >= 4 is 11.9 Å². The van der Waals surface area contributed by atoms with Gasteiger partial charge in [0.15, 0.2) is 0 Å². The van der Waals surface area contributed by atoms with Crippen molar-refractivity contribution < 1.29 is 9.59 Å². The summed E-state index contributed by atoms with van der Waals surface area (Å²) in [6, 6.07) is -0.545. The van der Waals surface area contributed by atoms with Crippen LogP contribution >= 0.6 is 0 Å². The number of likely N-dealkylation sites (tertiary alicyclic amines) is 1. The van der Waals surface area contributed by atoms with E-state index in [1.807, 2.05) is 4.90 Å². The summed E-state index contributed by atoms with van der Waals surface area (Å²) in [4.78, 5) is 26.2. The number of hydrogen-bond acceptors (Lipinski definition) is 2. The van der Waals surface area contributed by atoms with E-state index in [1.165, 1.54) is 30.6 Å². The van der Waals surface area contributed by atoms with E-state index in [2.05, 4.69) is 0 Å². The van der Waals surface area contributed by atoms with Crippen LogP contribution in [0.25, 0.3) is 0 Å². The molecule has 0 unspecified atom stereocenters. The van der Waals surface area contributed by atoms with Crippen molar-refractivity contribution in [1.82, 2.24) is 9.80 Å². The number of nitrogens with two attached hydrogens (primary N) is 1. The van der Waals surface area contributed by atoms with Gasteiger partial charge in [-0.2, -0.15) is 0 Å². The van der Waals surface area contributed by atoms with Gasteiger partial charge in [0.05, 0.1) is 0 Å². The number of piperidine rings is 1. The lowest BCUT2D eigenvalue weighted by atomic mass is 9.75. The molecule has 2 N–H and O–H groups in total. The second kappa shape index (κ2) is 5.59. The van der Waals surface area contributed by atoms with Crippen LogP contribution in [0.3, 0.4) is 0 Å². The summed E-state index contributed by atoms with van der Waals surface area (Å²) >= 11 is 0. The fourth-order valence-corrected chi connectivity index (χ4v) is 3.21. The number of likely N-dealkylation sites (N-methyl/N-ethyl adjacent to an activating group) is 1. The minimum absolute atomic E-state index is 0.0281. The molecule has 0 aromatic rings. The third-order valence-corrected chi connectivity index (χ3v) is 4.39. The van der Waals surface area contributed by atoms with Crippen LogP contribution in [0.1, 0.15) is 32.1 Å². The van der Waals surface area contributed by atoms with Crippen LogP contribution in [0, 0.1) is 11.8 Å². The van der Waals surface area contributed by atoms with Crippen molar-refractivity contribution in [3.63, 3.8) is 0 Å². The van der Waals surface area contributed by atoms with Crippen LogP contribution in [0.2, 0.25) is 0 Å². The molecule has 18 heavy (non-hydrogen) atoms. The highest BCUT2D eigenvalue weighted by Gasteiger charge is 2.33. The van der Waals surface area contributed by atoms with Crippen molar-refractivity contribution in [2.24, 2.45) is 17.6 Å². The number of fused-ring (bicyclic) bond motifs is 1. The second-order valence-electron chi connectivity index (χ2n) is 5.63. The first-order valence-corrected chi connectivity index (χ1v) is 6.86. The number of urea groups is 1. The fourth-order valence-electron chi connectivity index (χ4n) is 3.21. The minimum Gasteiger partial charge on any atom is -0.351 e. The van der Waals surface area contributed by atoms with Crippen LogP contribution in [-0.2, 0) is 4.79 Å². The zero-order valence-electron chi connectivity index (χ0n) is 11.1. The number of carbonyl (C=O) groups excluding carboxylic acids is 2. The summed E-state index contributed by atoms with van der Waals surface area (Å²) in [7, 11) is 1.56. The molecule has 2 rings (SSSR count). The Morgan fingerprint density at radius 3 is 2.56 bits per heavy atom. The molecule has 1 aliphatic carbocycles. The Hall–Kier alpha value is -1.26. The molecule has 2 aliphatic rings. The van der Waals surface area contributed by atoms with Crippen molar-refractivity contribution in [2.45, 2.75) is 32.1 Å². The van der Waals surface area contributed by atoms with Crippen LogP contribution in [0.15, 0.2) is 0 Å². The molecular formula is C13H23N3O2. The standard InChI is InChI=1S/C13H23N3O2/c1-15(13(14)18)9-12(17)16-7-6-10-4-2-3-5-11(10)8-16/h10-11H,2-9H2,1H3,(H2,14,18)/t10-,11-/m0/s1. The molecule has 3 amide bonds. The zero-order chi connectivity index (χ0) is 13.1. The van der Waals surface area contributed by atoms with Gasteiger partial charge in [-0.05, 0) is 24.7 Å². The van der Waals surface area contributed by atoms with Gasteiger partial charge in [0.2, 0.25) is 5.91 Å². The van der Waals surface area contributed by atoms with Gasteiger partial charge in [0, 0.05) is 20.1 Å². The molecule has 0 aromatic carbocycles. The van der Waals surface area contributed by atoms with Gasteiger partial charge < -0.3 is 15.5 Å². The summed E-state index contributed by atoms with van der Waals surface area (Å²) in [5.41, 5.74) is 5.14. The lowest BCUT2D eigenvalue weighted by Gasteiger charge is -2.41. The number of hydrogen-bond donors (Lipinski definition) is 1. The third-order valence-electron chi connectivity index (χ3n) is 4.39. The Balaban J connectivity index is 1.86. The SMILES string of the molecule is CN(CC(=O)N1CC[C@@H]2CCCC[C@H]2C1)C(N)=O. The van der Waals surface area contributed by atoms with Crippen LogP contribution in [-0.4, -0.2) is 48.4 Å². The van der Waals surface area contributed by atoms with E-state index < -0.39 is 6.03 Å². The summed E-state index contributed by atoms with van der Waals surface area (Å²) in [6.07, 6.45) is 6.34. The highest BCUT2D eigenvalue weighted by Crippen LogP contribution is 2.35. The number of carbonyl (C=O) groups is 2.